The van der Waals surface area contributed by atoms with Crippen molar-refractivity contribution in [3.8, 4) is 0 Å². The maximum Gasteiger partial charge on any atom is 0.577 e. The van der Waals surface area contributed by atoms with Crippen molar-refractivity contribution in [2.45, 2.75) is 80.4 Å². The zero-order valence-corrected chi connectivity index (χ0v) is 15.4. The van der Waals surface area contributed by atoms with Gasteiger partial charge in [-0.25, -0.2) is 9.78 Å². The average molecular weight is 322 g/mol. The number of rotatable bonds is 6. The van der Waals surface area contributed by atoms with Crippen LogP contribution >= 0.6 is 0 Å². The third kappa shape index (κ3) is 6.48. The van der Waals surface area contributed by atoms with Gasteiger partial charge in [0.15, 0.2) is 0 Å². The van der Waals surface area contributed by atoms with Crippen LogP contribution in [0.2, 0.25) is 0 Å². The maximum absolute atomic E-state index is 11.3. The van der Waals surface area contributed by atoms with Gasteiger partial charge in [-0.2, -0.15) is 14.6 Å². The molecule has 0 heterocycles. The minimum atomic E-state index is -1.24. The summed E-state index contributed by atoms with van der Waals surface area (Å²) >= 11 is 0. The summed E-state index contributed by atoms with van der Waals surface area (Å²) in [5, 5.41) is 8.85. The summed E-state index contributed by atoms with van der Waals surface area (Å²) in [6.45, 7) is 18.9. The van der Waals surface area contributed by atoms with Crippen molar-refractivity contribution >= 4 is 6.16 Å². The standard InChI is InChI=1S/C15H30O7/c1-12(2,3)14(7,8)19-21-17-11(16)18-22-20-15(9,10)13(4,5)6/h1-10H3. The Hall–Kier alpha value is -0.890. The molecule has 0 saturated carbocycles. The zero-order chi connectivity index (χ0) is 17.8. The molecule has 0 fully saturated rings. The van der Waals surface area contributed by atoms with E-state index in [0.717, 1.165) is 0 Å². The number of carbonyl (C=O) groups is 1. The molecule has 0 aromatic rings. The average Bonchev–Trinajstić information content (AvgIpc) is 2.25. The first kappa shape index (κ1) is 21.1. The van der Waals surface area contributed by atoms with E-state index >= 15 is 0 Å². The Bertz CT molecular complexity index is 327. The van der Waals surface area contributed by atoms with Gasteiger partial charge in [-0.1, -0.05) is 41.5 Å². The Balaban J connectivity index is 4.09. The Morgan fingerprint density at radius 1 is 0.591 bits per heavy atom. The molecule has 0 spiro atoms. The second-order valence-corrected chi connectivity index (χ2v) is 8.24. The molecule has 0 aliphatic carbocycles. The molecule has 0 atom stereocenters. The predicted molar refractivity (Wildman–Crippen MR) is 79.0 cm³/mol. The van der Waals surface area contributed by atoms with Crippen molar-refractivity contribution in [3.05, 3.63) is 0 Å². The van der Waals surface area contributed by atoms with Gasteiger partial charge in [-0.3, -0.25) is 0 Å². The highest BCUT2D eigenvalue weighted by Crippen LogP contribution is 2.34. The Morgan fingerprint density at radius 3 is 1.09 bits per heavy atom. The first-order chi connectivity index (χ1) is 9.60. The molecule has 132 valence electrons. The maximum atomic E-state index is 11.3. The van der Waals surface area contributed by atoms with Crippen LogP contribution in [0.25, 0.3) is 0 Å². The van der Waals surface area contributed by atoms with Gasteiger partial charge in [0, 0.05) is 0 Å². The van der Waals surface area contributed by atoms with Crippen LogP contribution in [0, 0.1) is 10.8 Å². The summed E-state index contributed by atoms with van der Waals surface area (Å²) in [7, 11) is 0. The van der Waals surface area contributed by atoms with E-state index in [0.29, 0.717) is 0 Å². The highest BCUT2D eigenvalue weighted by atomic mass is 17.6. The first-order valence-electron chi connectivity index (χ1n) is 7.19. The first-order valence-corrected chi connectivity index (χ1v) is 7.19. The van der Waals surface area contributed by atoms with Crippen LogP contribution in [0.15, 0.2) is 0 Å². The van der Waals surface area contributed by atoms with Crippen molar-refractivity contribution in [1.82, 2.24) is 0 Å². The fourth-order valence-electron chi connectivity index (χ4n) is 0.524. The van der Waals surface area contributed by atoms with Crippen LogP contribution in [0.1, 0.15) is 69.2 Å². The summed E-state index contributed by atoms with van der Waals surface area (Å²) in [6, 6.07) is 0. The summed E-state index contributed by atoms with van der Waals surface area (Å²) < 4.78 is 0. The Kier molecular flexibility index (Phi) is 6.83. The lowest BCUT2D eigenvalue weighted by Crippen LogP contribution is -2.40. The third-order valence-corrected chi connectivity index (χ3v) is 4.30. The van der Waals surface area contributed by atoms with Crippen LogP contribution < -0.4 is 0 Å². The molecule has 0 radical (unpaired) electrons. The van der Waals surface area contributed by atoms with Crippen molar-refractivity contribution in [3.63, 3.8) is 0 Å². The van der Waals surface area contributed by atoms with Crippen LogP contribution in [-0.2, 0) is 29.6 Å². The van der Waals surface area contributed by atoms with E-state index in [1.165, 1.54) is 0 Å². The largest absolute Gasteiger partial charge is 0.577 e. The lowest BCUT2D eigenvalue weighted by atomic mass is 9.79. The van der Waals surface area contributed by atoms with Gasteiger partial charge in [0.1, 0.15) is 11.2 Å². The molecule has 0 unspecified atom stereocenters. The summed E-state index contributed by atoms with van der Waals surface area (Å²) in [6.07, 6.45) is -1.24. The van der Waals surface area contributed by atoms with E-state index in [1.54, 1.807) is 27.7 Å². The van der Waals surface area contributed by atoms with Crippen LogP contribution in [0.4, 0.5) is 4.79 Å². The minimum absolute atomic E-state index is 0.226. The van der Waals surface area contributed by atoms with Gasteiger partial charge in [0.25, 0.3) is 0 Å². The van der Waals surface area contributed by atoms with Crippen LogP contribution in [0.3, 0.4) is 0 Å². The van der Waals surface area contributed by atoms with E-state index in [1.807, 2.05) is 41.5 Å². The molecular weight excluding hydrogens is 292 g/mol. The number of carbonyl (C=O) groups excluding carboxylic acids is 1. The lowest BCUT2D eigenvalue weighted by Gasteiger charge is -2.35. The van der Waals surface area contributed by atoms with E-state index in [2.05, 4.69) is 19.9 Å². The highest BCUT2D eigenvalue weighted by molar-refractivity contribution is 5.57. The summed E-state index contributed by atoms with van der Waals surface area (Å²) in [5.74, 6) is 0. The molecule has 7 nitrogen and oxygen atoms in total. The zero-order valence-electron chi connectivity index (χ0n) is 15.4. The summed E-state index contributed by atoms with van der Waals surface area (Å²) in [5.41, 5.74) is -1.81. The number of hydrogen-bond donors (Lipinski definition) is 0. The summed E-state index contributed by atoms with van der Waals surface area (Å²) in [4.78, 5) is 29.9. The molecule has 22 heavy (non-hydrogen) atoms. The van der Waals surface area contributed by atoms with Gasteiger partial charge in [0.2, 0.25) is 0 Å². The van der Waals surface area contributed by atoms with Gasteiger partial charge < -0.3 is 0 Å². The molecule has 0 aromatic heterocycles. The SMILES string of the molecule is CC(C)(C)C(C)(C)OOOC(=O)OOOC(C)(C)C(C)(C)C. The Morgan fingerprint density at radius 2 is 0.864 bits per heavy atom. The molecule has 0 saturated heterocycles. The third-order valence-electron chi connectivity index (χ3n) is 4.30. The molecule has 0 bridgehead atoms. The molecule has 0 aromatic carbocycles. The second kappa shape index (κ2) is 7.12. The predicted octanol–water partition coefficient (Wildman–Crippen LogP) is 4.52. The normalized spacial score (nSPS) is 13.9. The van der Waals surface area contributed by atoms with E-state index in [4.69, 9.17) is 9.78 Å². The van der Waals surface area contributed by atoms with E-state index < -0.39 is 17.4 Å². The highest BCUT2D eigenvalue weighted by Gasteiger charge is 2.37. The molecule has 0 aliphatic rings. The monoisotopic (exact) mass is 322 g/mol. The molecule has 7 heteroatoms. The topological polar surface area (TPSA) is 72.5 Å². The van der Waals surface area contributed by atoms with Gasteiger partial charge in [0.05, 0.1) is 0 Å². The quantitative estimate of drug-likeness (QED) is 0.526. The second-order valence-electron chi connectivity index (χ2n) is 8.24. The lowest BCUT2D eigenvalue weighted by molar-refractivity contribution is -0.561. The fourth-order valence-corrected chi connectivity index (χ4v) is 0.524. The van der Waals surface area contributed by atoms with Crippen molar-refractivity contribution in [1.29, 1.82) is 0 Å². The van der Waals surface area contributed by atoms with Crippen LogP contribution in [0.5, 0.6) is 0 Å². The van der Waals surface area contributed by atoms with Crippen molar-refractivity contribution < 1.29 is 34.4 Å². The molecule has 0 amide bonds. The van der Waals surface area contributed by atoms with Gasteiger partial charge >= 0.3 is 6.16 Å². The van der Waals surface area contributed by atoms with Gasteiger partial charge in [-0.05, 0) is 48.6 Å². The Labute approximate surface area is 132 Å². The van der Waals surface area contributed by atoms with E-state index in [9.17, 15) is 4.79 Å². The molecule has 0 N–H and O–H groups in total. The molecule has 0 rings (SSSR count). The minimum Gasteiger partial charge on any atom is -0.226 e. The van der Waals surface area contributed by atoms with Crippen molar-refractivity contribution in [2.75, 3.05) is 0 Å². The van der Waals surface area contributed by atoms with Crippen LogP contribution in [-0.4, -0.2) is 17.4 Å². The van der Waals surface area contributed by atoms with Gasteiger partial charge in [-0.15, -0.1) is 0 Å². The molecule has 0 aliphatic heterocycles. The fraction of sp³-hybridized carbons (Fsp3) is 0.933. The number of hydrogen-bond acceptors (Lipinski definition) is 7. The smallest absolute Gasteiger partial charge is 0.226 e. The van der Waals surface area contributed by atoms with E-state index in [-0.39, 0.29) is 10.8 Å². The molecular formula is C15H30O7. The van der Waals surface area contributed by atoms with Crippen molar-refractivity contribution in [2.24, 2.45) is 10.8 Å².